The summed E-state index contributed by atoms with van der Waals surface area (Å²) in [6.07, 6.45) is 3.16. The van der Waals surface area contributed by atoms with Crippen molar-refractivity contribution in [2.24, 2.45) is 0 Å². The summed E-state index contributed by atoms with van der Waals surface area (Å²) in [6.45, 7) is 13.2. The normalized spacial score (nSPS) is 11.1. The number of carbonyl (C=O) groups excluding carboxylic acids is 3. The highest BCUT2D eigenvalue weighted by Gasteiger charge is 2.15. The quantitative estimate of drug-likeness (QED) is 0.239. The van der Waals surface area contributed by atoms with Gasteiger partial charge in [-0.1, -0.05) is 26.7 Å². The largest absolute Gasteiger partial charge is 0.448 e. The van der Waals surface area contributed by atoms with Crippen molar-refractivity contribution in [2.45, 2.75) is 72.3 Å². The minimum absolute atomic E-state index is 0.222. The summed E-state index contributed by atoms with van der Waals surface area (Å²) in [4.78, 5) is 37.1. The molecule has 0 rings (SSSR count). The van der Waals surface area contributed by atoms with Gasteiger partial charge in [-0.3, -0.25) is 4.90 Å². The Hall–Kier alpha value is -2.23. The van der Waals surface area contributed by atoms with E-state index in [2.05, 4.69) is 29.8 Å². The summed E-state index contributed by atoms with van der Waals surface area (Å²) >= 11 is 0. The zero-order valence-corrected chi connectivity index (χ0v) is 20.6. The third-order valence-electron chi connectivity index (χ3n) is 4.20. The van der Waals surface area contributed by atoms with Crippen LogP contribution in [-0.2, 0) is 14.2 Å². The van der Waals surface area contributed by atoms with Crippen LogP contribution < -0.4 is 16.0 Å². The molecule has 188 valence electrons. The number of hydrogen-bond acceptors (Lipinski definition) is 7. The number of nitrogens with zero attached hydrogens (tertiary/aromatic N) is 1. The third kappa shape index (κ3) is 19.7. The molecule has 10 nitrogen and oxygen atoms in total. The molecule has 0 aliphatic carbocycles. The van der Waals surface area contributed by atoms with E-state index in [4.69, 9.17) is 14.2 Å². The molecule has 3 N–H and O–H groups in total. The highest BCUT2D eigenvalue weighted by Crippen LogP contribution is 2.06. The monoisotopic (exact) mass is 460 g/mol. The molecule has 0 fully saturated rings. The maximum atomic E-state index is 11.7. The van der Waals surface area contributed by atoms with Crippen molar-refractivity contribution in [1.29, 1.82) is 0 Å². The van der Waals surface area contributed by atoms with Gasteiger partial charge < -0.3 is 30.2 Å². The van der Waals surface area contributed by atoms with Crippen LogP contribution in [0.4, 0.5) is 14.4 Å². The molecule has 0 bridgehead atoms. The first kappa shape index (κ1) is 29.8. The number of nitrogens with one attached hydrogen (secondary N) is 3. The number of rotatable bonds is 16. The topological polar surface area (TPSA) is 118 Å². The van der Waals surface area contributed by atoms with Crippen LogP contribution in [0.1, 0.15) is 66.7 Å². The lowest BCUT2D eigenvalue weighted by Gasteiger charge is -2.23. The fourth-order valence-corrected chi connectivity index (χ4v) is 2.51. The predicted molar refractivity (Wildman–Crippen MR) is 124 cm³/mol. The van der Waals surface area contributed by atoms with E-state index in [1.54, 1.807) is 0 Å². The van der Waals surface area contributed by atoms with Crippen molar-refractivity contribution in [3.8, 4) is 0 Å². The summed E-state index contributed by atoms with van der Waals surface area (Å²) in [5.74, 6) is 0. The van der Waals surface area contributed by atoms with Gasteiger partial charge in [0, 0.05) is 39.3 Å². The third-order valence-corrected chi connectivity index (χ3v) is 4.20. The van der Waals surface area contributed by atoms with Gasteiger partial charge in [0.05, 0.1) is 0 Å². The molecule has 0 aromatic carbocycles. The smallest absolute Gasteiger partial charge is 0.407 e. The molecule has 0 heterocycles. The van der Waals surface area contributed by atoms with Gasteiger partial charge in [0.25, 0.3) is 0 Å². The average molecular weight is 461 g/mol. The molecular weight excluding hydrogens is 416 g/mol. The highest BCUT2D eigenvalue weighted by molar-refractivity contribution is 5.67. The Balaban J connectivity index is 4.32. The van der Waals surface area contributed by atoms with Gasteiger partial charge in [0.15, 0.2) is 0 Å². The van der Waals surface area contributed by atoms with E-state index >= 15 is 0 Å². The molecular formula is C22H44N4O6. The van der Waals surface area contributed by atoms with Gasteiger partial charge >= 0.3 is 18.3 Å². The van der Waals surface area contributed by atoms with E-state index in [1.165, 1.54) is 0 Å². The highest BCUT2D eigenvalue weighted by atomic mass is 16.6. The second-order valence-corrected chi connectivity index (χ2v) is 8.46. The lowest BCUT2D eigenvalue weighted by Crippen LogP contribution is -2.37. The Labute approximate surface area is 193 Å². The Morgan fingerprint density at radius 2 is 1.12 bits per heavy atom. The van der Waals surface area contributed by atoms with E-state index in [0.29, 0.717) is 45.7 Å². The molecule has 0 saturated heterocycles. The Morgan fingerprint density at radius 3 is 1.56 bits per heavy atom. The Kier molecular flexibility index (Phi) is 17.1. The van der Waals surface area contributed by atoms with Crippen molar-refractivity contribution >= 4 is 18.3 Å². The number of carbonyl (C=O) groups is 3. The number of ether oxygens (including phenoxy) is 3. The first-order valence-electron chi connectivity index (χ1n) is 11.7. The molecule has 0 spiro atoms. The summed E-state index contributed by atoms with van der Waals surface area (Å²) in [7, 11) is 0. The zero-order valence-electron chi connectivity index (χ0n) is 20.6. The van der Waals surface area contributed by atoms with Gasteiger partial charge in [-0.15, -0.1) is 0 Å². The van der Waals surface area contributed by atoms with Crippen LogP contribution in [-0.4, -0.2) is 81.3 Å². The standard InChI is InChI=1S/C22H44N4O6/c1-6-8-11-23-19(27)30-17-15-26(16-18-31-20(28)24-12-9-7-2)14-10-13-25-21(29)32-22(3,4)5/h6-18H2,1-5H3,(H,23,27)(H,24,28)(H,25,29). The Bertz CT molecular complexity index is 497. The molecule has 0 aliphatic heterocycles. The van der Waals surface area contributed by atoms with Gasteiger partial charge in [0.1, 0.15) is 18.8 Å². The van der Waals surface area contributed by atoms with Gasteiger partial charge in [-0.2, -0.15) is 0 Å². The minimum atomic E-state index is -0.541. The van der Waals surface area contributed by atoms with Gasteiger partial charge in [0.2, 0.25) is 0 Å². The van der Waals surface area contributed by atoms with Crippen LogP contribution in [0.25, 0.3) is 0 Å². The van der Waals surface area contributed by atoms with Crippen LogP contribution in [0, 0.1) is 0 Å². The minimum Gasteiger partial charge on any atom is -0.448 e. The first-order chi connectivity index (χ1) is 15.2. The first-order valence-corrected chi connectivity index (χ1v) is 11.7. The second kappa shape index (κ2) is 18.4. The average Bonchev–Trinajstić information content (AvgIpc) is 2.70. The van der Waals surface area contributed by atoms with E-state index in [1.807, 2.05) is 25.7 Å². The summed E-state index contributed by atoms with van der Waals surface area (Å²) < 4.78 is 15.6. The number of unbranched alkanes of at least 4 members (excludes halogenated alkanes) is 2. The summed E-state index contributed by atoms with van der Waals surface area (Å²) in [5, 5.41) is 8.13. The van der Waals surface area contributed by atoms with Gasteiger partial charge in [-0.25, -0.2) is 14.4 Å². The molecule has 32 heavy (non-hydrogen) atoms. The fraction of sp³-hybridized carbons (Fsp3) is 0.864. The molecule has 0 radical (unpaired) electrons. The molecule has 0 saturated carbocycles. The Morgan fingerprint density at radius 1 is 0.688 bits per heavy atom. The van der Waals surface area contributed by atoms with E-state index in [-0.39, 0.29) is 13.2 Å². The van der Waals surface area contributed by atoms with Crippen molar-refractivity contribution in [3.05, 3.63) is 0 Å². The SMILES string of the molecule is CCCCNC(=O)OCCN(CCCNC(=O)OC(C)(C)C)CCOC(=O)NCCCC. The van der Waals surface area contributed by atoms with E-state index < -0.39 is 23.9 Å². The fourth-order valence-electron chi connectivity index (χ4n) is 2.51. The van der Waals surface area contributed by atoms with Crippen molar-refractivity contribution in [2.75, 3.05) is 52.5 Å². The predicted octanol–water partition coefficient (Wildman–Crippen LogP) is 3.26. The lowest BCUT2D eigenvalue weighted by atomic mass is 10.2. The van der Waals surface area contributed by atoms with Crippen molar-refractivity contribution in [3.63, 3.8) is 0 Å². The maximum Gasteiger partial charge on any atom is 0.407 e. The zero-order chi connectivity index (χ0) is 24.2. The number of hydrogen-bond donors (Lipinski definition) is 3. The van der Waals surface area contributed by atoms with Crippen LogP contribution in [0.2, 0.25) is 0 Å². The molecule has 3 amide bonds. The summed E-state index contributed by atoms with van der Waals surface area (Å²) in [5.41, 5.74) is -0.541. The van der Waals surface area contributed by atoms with Crippen LogP contribution in [0.15, 0.2) is 0 Å². The molecule has 10 heteroatoms. The van der Waals surface area contributed by atoms with E-state index in [0.717, 1.165) is 25.7 Å². The van der Waals surface area contributed by atoms with Gasteiger partial charge in [-0.05, 0) is 40.0 Å². The van der Waals surface area contributed by atoms with Crippen LogP contribution >= 0.6 is 0 Å². The molecule has 0 aliphatic rings. The van der Waals surface area contributed by atoms with Crippen LogP contribution in [0.5, 0.6) is 0 Å². The number of amides is 3. The lowest BCUT2D eigenvalue weighted by molar-refractivity contribution is 0.0522. The number of alkyl carbamates (subject to hydrolysis) is 3. The van der Waals surface area contributed by atoms with Crippen molar-refractivity contribution < 1.29 is 28.6 Å². The maximum absolute atomic E-state index is 11.7. The molecule has 0 unspecified atom stereocenters. The van der Waals surface area contributed by atoms with E-state index in [9.17, 15) is 14.4 Å². The molecule has 0 atom stereocenters. The summed E-state index contributed by atoms with van der Waals surface area (Å²) in [6, 6.07) is 0. The van der Waals surface area contributed by atoms with Crippen molar-refractivity contribution in [1.82, 2.24) is 20.9 Å². The molecule has 0 aromatic rings. The second-order valence-electron chi connectivity index (χ2n) is 8.46. The van der Waals surface area contributed by atoms with Crippen LogP contribution in [0.3, 0.4) is 0 Å². The molecule has 0 aromatic heterocycles.